The van der Waals surface area contributed by atoms with E-state index in [2.05, 4.69) is 9.84 Å². The summed E-state index contributed by atoms with van der Waals surface area (Å²) in [6.45, 7) is 1.58. The summed E-state index contributed by atoms with van der Waals surface area (Å²) in [6.07, 6.45) is -5.82. The number of nitrogens with zero attached hydrogens (tertiary/aromatic N) is 4. The third kappa shape index (κ3) is 3.81. The van der Waals surface area contributed by atoms with Gasteiger partial charge in [0.15, 0.2) is 5.75 Å². The first kappa shape index (κ1) is 19.7. The van der Waals surface area contributed by atoms with Gasteiger partial charge in [-0.2, -0.15) is 18.4 Å². The smallest absolute Gasteiger partial charge is 0.434 e. The van der Waals surface area contributed by atoms with E-state index < -0.39 is 18.2 Å². The van der Waals surface area contributed by atoms with Gasteiger partial charge >= 0.3 is 12.3 Å². The van der Waals surface area contributed by atoms with Crippen molar-refractivity contribution in [3.8, 4) is 17.5 Å². The predicted octanol–water partition coefficient (Wildman–Crippen LogP) is 4.02. The summed E-state index contributed by atoms with van der Waals surface area (Å²) in [4.78, 5) is 11.5. The van der Waals surface area contributed by atoms with E-state index in [1.807, 2.05) is 0 Å². The van der Waals surface area contributed by atoms with Crippen LogP contribution in [0.3, 0.4) is 0 Å². The molecule has 2 aromatic rings. The van der Waals surface area contributed by atoms with Crippen molar-refractivity contribution in [3.05, 3.63) is 33.3 Å². The molecule has 0 saturated carbocycles. The minimum absolute atomic E-state index is 0.0292. The molecular weight excluding hydrogens is 397 g/mol. The van der Waals surface area contributed by atoms with Crippen molar-refractivity contribution < 1.29 is 27.4 Å². The van der Waals surface area contributed by atoms with E-state index in [1.165, 1.54) is 0 Å². The number of carbonyl (C=O) groups excluding carboxylic acids is 1. The lowest BCUT2D eigenvalue weighted by molar-refractivity contribution is -0.147. The van der Waals surface area contributed by atoms with Gasteiger partial charge in [0, 0.05) is 13.1 Å². The predicted molar refractivity (Wildman–Crippen MR) is 85.7 cm³/mol. The molecule has 0 unspecified atom stereocenters. The van der Waals surface area contributed by atoms with E-state index in [-0.39, 0.29) is 33.4 Å². The molecule has 12 heteroatoms. The average molecular weight is 407 g/mol. The molecule has 2 rings (SSSR count). The Bertz CT molecular complexity index is 962. The van der Waals surface area contributed by atoms with Gasteiger partial charge in [0.25, 0.3) is 0 Å². The molecule has 0 amide bonds. The van der Waals surface area contributed by atoms with Crippen molar-refractivity contribution in [3.63, 3.8) is 0 Å². The van der Waals surface area contributed by atoms with Gasteiger partial charge < -0.3 is 9.47 Å². The van der Waals surface area contributed by atoms with Crippen LogP contribution in [0.2, 0.25) is 5.02 Å². The second kappa shape index (κ2) is 7.35. The van der Waals surface area contributed by atoms with Gasteiger partial charge in [0.2, 0.25) is 10.6 Å². The second-order valence-electron chi connectivity index (χ2n) is 4.77. The highest BCUT2D eigenvalue weighted by atomic mass is 35.5. The molecule has 7 nitrogen and oxygen atoms in total. The maximum absolute atomic E-state index is 13.0. The number of aromatic nitrogens is 3. The summed E-state index contributed by atoms with van der Waals surface area (Å²) in [5, 5.41) is 12.4. The maximum atomic E-state index is 13.0. The Balaban J connectivity index is 2.63. The normalized spacial score (nSPS) is 11.1. The first-order valence-electron chi connectivity index (χ1n) is 6.92. The molecule has 0 radical (unpaired) electrons. The lowest BCUT2D eigenvalue weighted by Crippen LogP contribution is -2.13. The van der Waals surface area contributed by atoms with Crippen LogP contribution in [0.25, 0.3) is 5.69 Å². The fraction of sp³-hybridized carbons (Fsp3) is 0.286. The minimum atomic E-state index is -4.74. The zero-order valence-corrected chi connectivity index (χ0v) is 14.9. The van der Waals surface area contributed by atoms with E-state index in [9.17, 15) is 18.0 Å². The van der Waals surface area contributed by atoms with Crippen LogP contribution < -0.4 is 4.74 Å². The number of hydrogen-bond acceptors (Lipinski definition) is 6. The Morgan fingerprint density at radius 3 is 2.62 bits per heavy atom. The Labute approximate surface area is 155 Å². The van der Waals surface area contributed by atoms with E-state index >= 15 is 0 Å². The molecule has 26 heavy (non-hydrogen) atoms. The van der Waals surface area contributed by atoms with Gasteiger partial charge in [-0.1, -0.05) is 11.6 Å². The maximum Gasteiger partial charge on any atom is 0.513 e. The van der Waals surface area contributed by atoms with Gasteiger partial charge in [-0.25, -0.2) is 9.48 Å². The number of nitriles is 1. The number of alkyl halides is 3. The SMILES string of the molecule is CCOC(=O)Oc1cc(-n2nc(C(F)(F)F)n(C)c2=S)c(Cl)cc1C#N. The Hall–Kier alpha value is -2.58. The average Bonchev–Trinajstić information content (AvgIpc) is 2.85. The highest BCUT2D eigenvalue weighted by molar-refractivity contribution is 7.71. The number of hydrogen-bond donors (Lipinski definition) is 0. The van der Waals surface area contributed by atoms with Gasteiger partial charge in [-0.3, -0.25) is 4.57 Å². The monoisotopic (exact) mass is 406 g/mol. The van der Waals surface area contributed by atoms with Crippen LogP contribution in [0.4, 0.5) is 18.0 Å². The molecule has 1 heterocycles. The molecule has 0 aliphatic rings. The van der Waals surface area contributed by atoms with Crippen LogP contribution in [0.1, 0.15) is 18.3 Å². The van der Waals surface area contributed by atoms with E-state index in [4.69, 9.17) is 33.8 Å². The summed E-state index contributed by atoms with van der Waals surface area (Å²) in [5.74, 6) is -1.50. The Morgan fingerprint density at radius 1 is 1.46 bits per heavy atom. The summed E-state index contributed by atoms with van der Waals surface area (Å²) < 4.78 is 49.7. The lowest BCUT2D eigenvalue weighted by Gasteiger charge is -2.10. The fourth-order valence-corrected chi connectivity index (χ4v) is 2.42. The van der Waals surface area contributed by atoms with Crippen LogP contribution >= 0.6 is 23.8 Å². The zero-order valence-electron chi connectivity index (χ0n) is 13.3. The fourth-order valence-electron chi connectivity index (χ4n) is 1.95. The van der Waals surface area contributed by atoms with Crippen LogP contribution in [0, 0.1) is 16.1 Å². The first-order valence-corrected chi connectivity index (χ1v) is 7.70. The third-order valence-corrected chi connectivity index (χ3v) is 3.84. The standard InChI is InChI=1S/C14H10ClF3N4O3S/c1-3-24-13(23)25-10-5-9(8(15)4-7(10)6-19)22-12(26)21(2)11(20-22)14(16,17)18/h4-5H,3H2,1-2H3. The summed E-state index contributed by atoms with van der Waals surface area (Å²) in [7, 11) is 1.10. The highest BCUT2D eigenvalue weighted by Gasteiger charge is 2.37. The van der Waals surface area contributed by atoms with Crippen molar-refractivity contribution in [2.45, 2.75) is 13.1 Å². The van der Waals surface area contributed by atoms with Crippen molar-refractivity contribution in [2.75, 3.05) is 6.61 Å². The van der Waals surface area contributed by atoms with E-state index in [1.54, 1.807) is 13.0 Å². The van der Waals surface area contributed by atoms with E-state index in [0.717, 1.165) is 23.9 Å². The molecule has 0 fully saturated rings. The molecule has 0 saturated heterocycles. The molecule has 1 aromatic carbocycles. The van der Waals surface area contributed by atoms with Gasteiger partial charge in [0.05, 0.1) is 22.9 Å². The van der Waals surface area contributed by atoms with Gasteiger partial charge in [-0.05, 0) is 25.2 Å². The molecule has 0 aliphatic carbocycles. The van der Waals surface area contributed by atoms with Crippen LogP contribution in [0.5, 0.6) is 5.75 Å². The molecular formula is C14H10ClF3N4O3S. The second-order valence-corrected chi connectivity index (χ2v) is 5.54. The summed E-state index contributed by atoms with van der Waals surface area (Å²) >= 11 is 11.0. The topological polar surface area (TPSA) is 82.1 Å². The van der Waals surface area contributed by atoms with Crippen molar-refractivity contribution in [2.24, 2.45) is 7.05 Å². The van der Waals surface area contributed by atoms with Crippen LogP contribution in [-0.4, -0.2) is 27.1 Å². The number of halogens is 4. The Kier molecular flexibility index (Phi) is 5.58. The van der Waals surface area contributed by atoms with Crippen LogP contribution in [-0.2, 0) is 18.0 Å². The molecule has 138 valence electrons. The molecule has 0 spiro atoms. The lowest BCUT2D eigenvalue weighted by atomic mass is 10.2. The zero-order chi connectivity index (χ0) is 19.6. The summed E-state index contributed by atoms with van der Waals surface area (Å²) in [5.41, 5.74) is -0.216. The first-order chi connectivity index (χ1) is 12.1. The molecule has 0 aliphatic heterocycles. The number of rotatable bonds is 3. The van der Waals surface area contributed by atoms with Crippen molar-refractivity contribution in [1.82, 2.24) is 14.3 Å². The molecule has 1 aromatic heterocycles. The highest BCUT2D eigenvalue weighted by Crippen LogP contribution is 2.32. The minimum Gasteiger partial charge on any atom is -0.434 e. The molecule has 0 atom stereocenters. The third-order valence-electron chi connectivity index (χ3n) is 3.09. The van der Waals surface area contributed by atoms with Crippen molar-refractivity contribution >= 4 is 30.0 Å². The Morgan fingerprint density at radius 2 is 2.12 bits per heavy atom. The summed E-state index contributed by atoms with van der Waals surface area (Å²) in [6, 6.07) is 3.96. The van der Waals surface area contributed by atoms with Gasteiger partial charge in [0.1, 0.15) is 6.07 Å². The molecule has 0 N–H and O–H groups in total. The van der Waals surface area contributed by atoms with Crippen LogP contribution in [0.15, 0.2) is 12.1 Å². The number of benzene rings is 1. The van der Waals surface area contributed by atoms with E-state index in [0.29, 0.717) is 4.57 Å². The number of ether oxygens (including phenoxy) is 2. The molecule has 0 bridgehead atoms. The van der Waals surface area contributed by atoms with Gasteiger partial charge in [-0.15, -0.1) is 5.10 Å². The quantitative estimate of drug-likeness (QED) is 0.435. The van der Waals surface area contributed by atoms with Crippen molar-refractivity contribution in [1.29, 1.82) is 5.26 Å². The largest absolute Gasteiger partial charge is 0.513 e. The number of carbonyl (C=O) groups is 1.